The minimum absolute atomic E-state index is 0.132. The molecule has 0 aliphatic heterocycles. The third kappa shape index (κ3) is 1.78. The largest absolute Gasteiger partial charge is 0.395 e. The summed E-state index contributed by atoms with van der Waals surface area (Å²) in [7, 11) is 0. The van der Waals surface area contributed by atoms with E-state index in [0.717, 1.165) is 36.3 Å². The fourth-order valence-electron chi connectivity index (χ4n) is 2.35. The summed E-state index contributed by atoms with van der Waals surface area (Å²) in [6.45, 7) is 0.132. The second-order valence-corrected chi connectivity index (χ2v) is 4.79. The van der Waals surface area contributed by atoms with Crippen LogP contribution in [0.15, 0.2) is 36.8 Å². The molecule has 0 unspecified atom stereocenters. The van der Waals surface area contributed by atoms with Crippen LogP contribution in [-0.4, -0.2) is 26.7 Å². The fourth-order valence-corrected chi connectivity index (χ4v) is 2.35. The molecular formula is C14H15N3O. The molecule has 18 heavy (non-hydrogen) atoms. The van der Waals surface area contributed by atoms with Gasteiger partial charge in [-0.3, -0.25) is 4.98 Å². The third-order valence-electron chi connectivity index (χ3n) is 3.72. The Balaban J connectivity index is 1.99. The minimum atomic E-state index is -0.205. The molecule has 2 aromatic heterocycles. The molecular weight excluding hydrogens is 226 g/mol. The lowest BCUT2D eigenvalue weighted by molar-refractivity contribution is 0.112. The molecule has 0 saturated heterocycles. The summed E-state index contributed by atoms with van der Waals surface area (Å²) in [5.74, 6) is 0.769. The van der Waals surface area contributed by atoms with Crippen LogP contribution in [0.5, 0.6) is 0 Å². The van der Waals surface area contributed by atoms with Crippen LogP contribution in [-0.2, 0) is 5.41 Å². The fraction of sp³-hybridized carbons (Fsp3) is 0.357. The van der Waals surface area contributed by atoms with Crippen molar-refractivity contribution >= 4 is 0 Å². The molecule has 1 aliphatic rings. The monoisotopic (exact) mass is 241 g/mol. The molecule has 1 aliphatic carbocycles. The van der Waals surface area contributed by atoms with Gasteiger partial charge in [-0.1, -0.05) is 6.42 Å². The summed E-state index contributed by atoms with van der Waals surface area (Å²) in [5.41, 5.74) is 1.71. The van der Waals surface area contributed by atoms with E-state index >= 15 is 0 Å². The predicted octanol–water partition coefficient (Wildman–Crippen LogP) is 1.95. The van der Waals surface area contributed by atoms with Crippen molar-refractivity contribution in [1.29, 1.82) is 0 Å². The van der Waals surface area contributed by atoms with Crippen LogP contribution in [0.3, 0.4) is 0 Å². The van der Waals surface area contributed by atoms with Crippen LogP contribution in [0.4, 0.5) is 0 Å². The van der Waals surface area contributed by atoms with Crippen molar-refractivity contribution in [1.82, 2.24) is 15.0 Å². The van der Waals surface area contributed by atoms with Crippen molar-refractivity contribution in [3.63, 3.8) is 0 Å². The van der Waals surface area contributed by atoms with Crippen molar-refractivity contribution in [3.8, 4) is 11.3 Å². The van der Waals surface area contributed by atoms with Crippen molar-refractivity contribution in [3.05, 3.63) is 42.6 Å². The van der Waals surface area contributed by atoms with Crippen LogP contribution >= 0.6 is 0 Å². The van der Waals surface area contributed by atoms with Crippen LogP contribution in [0.2, 0.25) is 0 Å². The van der Waals surface area contributed by atoms with Gasteiger partial charge in [0.2, 0.25) is 0 Å². The highest BCUT2D eigenvalue weighted by Crippen LogP contribution is 2.41. The molecule has 1 saturated carbocycles. The van der Waals surface area contributed by atoms with Crippen molar-refractivity contribution in [2.75, 3.05) is 6.61 Å². The SMILES string of the molecule is OCC1(c2nccc(-c3ccncc3)n2)CCC1. The lowest BCUT2D eigenvalue weighted by Gasteiger charge is -2.38. The van der Waals surface area contributed by atoms with Crippen molar-refractivity contribution in [2.24, 2.45) is 0 Å². The number of nitrogens with zero attached hydrogens (tertiary/aromatic N) is 3. The Bertz CT molecular complexity index is 532. The normalized spacial score (nSPS) is 17.2. The van der Waals surface area contributed by atoms with Gasteiger partial charge in [-0.05, 0) is 31.0 Å². The van der Waals surface area contributed by atoms with Gasteiger partial charge in [0.05, 0.1) is 17.7 Å². The van der Waals surface area contributed by atoms with E-state index in [9.17, 15) is 5.11 Å². The lowest BCUT2D eigenvalue weighted by Crippen LogP contribution is -2.39. The maximum Gasteiger partial charge on any atom is 0.137 e. The maximum atomic E-state index is 9.56. The van der Waals surface area contributed by atoms with Crippen LogP contribution < -0.4 is 0 Å². The van der Waals surface area contributed by atoms with Gasteiger partial charge in [-0.15, -0.1) is 0 Å². The van der Waals surface area contributed by atoms with E-state index in [0.29, 0.717) is 0 Å². The number of hydrogen-bond donors (Lipinski definition) is 1. The molecule has 1 fully saturated rings. The summed E-state index contributed by atoms with van der Waals surface area (Å²) in [5, 5.41) is 9.56. The number of rotatable bonds is 3. The summed E-state index contributed by atoms with van der Waals surface area (Å²) < 4.78 is 0. The lowest BCUT2D eigenvalue weighted by atomic mass is 9.68. The van der Waals surface area contributed by atoms with E-state index in [4.69, 9.17) is 0 Å². The molecule has 0 bridgehead atoms. The topological polar surface area (TPSA) is 58.9 Å². The Morgan fingerprint density at radius 1 is 1.11 bits per heavy atom. The van der Waals surface area contributed by atoms with E-state index < -0.39 is 0 Å². The van der Waals surface area contributed by atoms with Crippen LogP contribution in [0, 0.1) is 0 Å². The number of aliphatic hydroxyl groups is 1. The van der Waals surface area contributed by atoms with E-state index in [1.807, 2.05) is 18.2 Å². The number of hydrogen-bond acceptors (Lipinski definition) is 4. The Kier molecular flexibility index (Phi) is 2.80. The second kappa shape index (κ2) is 4.46. The van der Waals surface area contributed by atoms with Gasteiger partial charge in [-0.2, -0.15) is 0 Å². The van der Waals surface area contributed by atoms with E-state index in [1.165, 1.54) is 0 Å². The molecule has 2 aromatic rings. The summed E-state index contributed by atoms with van der Waals surface area (Å²) in [4.78, 5) is 13.0. The van der Waals surface area contributed by atoms with Crippen LogP contribution in [0.25, 0.3) is 11.3 Å². The molecule has 0 aromatic carbocycles. The van der Waals surface area contributed by atoms with E-state index in [-0.39, 0.29) is 12.0 Å². The summed E-state index contributed by atoms with van der Waals surface area (Å²) in [6.07, 6.45) is 8.37. The number of aliphatic hydroxyl groups excluding tert-OH is 1. The zero-order valence-electron chi connectivity index (χ0n) is 10.1. The van der Waals surface area contributed by atoms with Gasteiger partial charge < -0.3 is 5.11 Å². The minimum Gasteiger partial charge on any atom is -0.395 e. The first-order valence-electron chi connectivity index (χ1n) is 6.19. The zero-order valence-corrected chi connectivity index (χ0v) is 10.1. The van der Waals surface area contributed by atoms with Gasteiger partial charge >= 0.3 is 0 Å². The van der Waals surface area contributed by atoms with E-state index in [1.54, 1.807) is 18.6 Å². The van der Waals surface area contributed by atoms with Crippen LogP contribution in [0.1, 0.15) is 25.1 Å². The second-order valence-electron chi connectivity index (χ2n) is 4.79. The van der Waals surface area contributed by atoms with Gasteiger partial charge in [-0.25, -0.2) is 9.97 Å². The molecule has 0 amide bonds. The predicted molar refractivity (Wildman–Crippen MR) is 67.9 cm³/mol. The summed E-state index contributed by atoms with van der Waals surface area (Å²) in [6, 6.07) is 5.75. The molecule has 0 atom stereocenters. The third-order valence-corrected chi connectivity index (χ3v) is 3.72. The molecule has 3 rings (SSSR count). The molecule has 0 spiro atoms. The first-order chi connectivity index (χ1) is 8.84. The Hall–Kier alpha value is -1.81. The van der Waals surface area contributed by atoms with Gasteiger partial charge in [0, 0.05) is 24.2 Å². The maximum absolute atomic E-state index is 9.56. The molecule has 0 radical (unpaired) electrons. The quantitative estimate of drug-likeness (QED) is 0.892. The molecule has 1 N–H and O–H groups in total. The van der Waals surface area contributed by atoms with Crippen molar-refractivity contribution < 1.29 is 5.11 Å². The molecule has 4 heteroatoms. The molecule has 4 nitrogen and oxygen atoms in total. The van der Waals surface area contributed by atoms with E-state index in [2.05, 4.69) is 15.0 Å². The number of aromatic nitrogens is 3. The smallest absolute Gasteiger partial charge is 0.137 e. The first kappa shape index (κ1) is 11.3. The molecule has 2 heterocycles. The highest BCUT2D eigenvalue weighted by atomic mass is 16.3. The zero-order chi connectivity index (χ0) is 12.4. The highest BCUT2D eigenvalue weighted by Gasteiger charge is 2.40. The average molecular weight is 241 g/mol. The molecule has 92 valence electrons. The van der Waals surface area contributed by atoms with Gasteiger partial charge in [0.15, 0.2) is 0 Å². The Morgan fingerprint density at radius 2 is 1.89 bits per heavy atom. The number of pyridine rings is 1. The Morgan fingerprint density at radius 3 is 2.50 bits per heavy atom. The van der Waals surface area contributed by atoms with Gasteiger partial charge in [0.25, 0.3) is 0 Å². The standard InChI is InChI=1S/C14H15N3O/c18-10-14(5-1-6-14)13-16-9-4-12(17-13)11-2-7-15-8-3-11/h2-4,7-9,18H,1,5-6,10H2. The first-order valence-corrected chi connectivity index (χ1v) is 6.19. The van der Waals surface area contributed by atoms with Gasteiger partial charge in [0.1, 0.15) is 5.82 Å². The Labute approximate surface area is 106 Å². The van der Waals surface area contributed by atoms with Crippen molar-refractivity contribution in [2.45, 2.75) is 24.7 Å². The average Bonchev–Trinajstić information content (AvgIpc) is 2.40. The summed E-state index contributed by atoms with van der Waals surface area (Å²) >= 11 is 0. The highest BCUT2D eigenvalue weighted by molar-refractivity contribution is 5.57.